The van der Waals surface area contributed by atoms with Gasteiger partial charge in [-0.25, -0.2) is 9.69 Å². The van der Waals surface area contributed by atoms with Gasteiger partial charge < -0.3 is 9.64 Å². The molecule has 0 radical (unpaired) electrons. The van der Waals surface area contributed by atoms with Gasteiger partial charge in [-0.2, -0.15) is 0 Å². The highest BCUT2D eigenvalue weighted by molar-refractivity contribution is 6.22. The van der Waals surface area contributed by atoms with Gasteiger partial charge in [0.2, 0.25) is 5.91 Å². The lowest BCUT2D eigenvalue weighted by Gasteiger charge is -2.38. The number of esters is 1. The maximum atomic E-state index is 13.0. The Labute approximate surface area is 175 Å². The fraction of sp³-hybridized carbons (Fsp3) is 0.348. The molecule has 2 heterocycles. The van der Waals surface area contributed by atoms with Crippen molar-refractivity contribution in [3.05, 3.63) is 60.2 Å². The first-order valence-corrected chi connectivity index (χ1v) is 10.3. The summed E-state index contributed by atoms with van der Waals surface area (Å²) in [6, 6.07) is 16.2. The number of hydrogen-bond donors (Lipinski definition) is 0. The molecule has 0 bridgehead atoms. The van der Waals surface area contributed by atoms with Crippen molar-refractivity contribution in [2.75, 3.05) is 42.6 Å². The molecule has 0 spiro atoms. The molecule has 2 aliphatic rings. The van der Waals surface area contributed by atoms with Crippen LogP contribution >= 0.6 is 0 Å². The minimum Gasteiger partial charge on any atom is -0.462 e. The van der Waals surface area contributed by atoms with Gasteiger partial charge >= 0.3 is 5.97 Å². The summed E-state index contributed by atoms with van der Waals surface area (Å²) in [5, 5.41) is 0. The highest BCUT2D eigenvalue weighted by Crippen LogP contribution is 2.27. The summed E-state index contributed by atoms with van der Waals surface area (Å²) in [7, 11) is 0. The molecule has 30 heavy (non-hydrogen) atoms. The number of nitrogens with zero attached hydrogens (tertiary/aromatic N) is 3. The van der Waals surface area contributed by atoms with Crippen molar-refractivity contribution in [1.82, 2.24) is 4.90 Å². The monoisotopic (exact) mass is 407 g/mol. The molecule has 0 aliphatic carbocycles. The van der Waals surface area contributed by atoms with Gasteiger partial charge in [-0.05, 0) is 43.3 Å². The summed E-state index contributed by atoms with van der Waals surface area (Å²) in [6.07, 6.45) is 0.184. The Balaban J connectivity index is 1.41. The van der Waals surface area contributed by atoms with Gasteiger partial charge in [-0.15, -0.1) is 0 Å². The number of amides is 2. The maximum absolute atomic E-state index is 13.0. The van der Waals surface area contributed by atoms with Gasteiger partial charge in [0.25, 0.3) is 5.91 Å². The van der Waals surface area contributed by atoms with Crippen LogP contribution in [0.2, 0.25) is 0 Å². The van der Waals surface area contributed by atoms with Gasteiger partial charge in [0, 0.05) is 31.9 Å². The van der Waals surface area contributed by atoms with E-state index in [9.17, 15) is 14.4 Å². The van der Waals surface area contributed by atoms with E-state index in [2.05, 4.69) is 21.9 Å². The van der Waals surface area contributed by atoms with Crippen LogP contribution in [-0.4, -0.2) is 61.5 Å². The Morgan fingerprint density at radius 2 is 1.60 bits per heavy atom. The number of ether oxygens (including phenoxy) is 1. The van der Waals surface area contributed by atoms with Crippen molar-refractivity contribution in [2.45, 2.75) is 19.4 Å². The van der Waals surface area contributed by atoms with Gasteiger partial charge in [-0.1, -0.05) is 18.2 Å². The zero-order valence-electron chi connectivity index (χ0n) is 17.0. The zero-order chi connectivity index (χ0) is 21.1. The summed E-state index contributed by atoms with van der Waals surface area (Å²) in [5.41, 5.74) is 2.06. The molecule has 2 fully saturated rings. The van der Waals surface area contributed by atoms with Crippen LogP contribution in [0.15, 0.2) is 54.6 Å². The summed E-state index contributed by atoms with van der Waals surface area (Å²) in [6.45, 7) is 5.13. The molecule has 2 amide bonds. The molecular formula is C23H25N3O4. The second-order valence-corrected chi connectivity index (χ2v) is 7.41. The molecule has 2 aromatic rings. The summed E-state index contributed by atoms with van der Waals surface area (Å²) in [4.78, 5) is 43.1. The number of hydrogen-bond acceptors (Lipinski definition) is 6. The molecule has 2 saturated heterocycles. The Bertz CT molecular complexity index is 921. The fourth-order valence-corrected chi connectivity index (χ4v) is 4.06. The van der Waals surface area contributed by atoms with E-state index in [-0.39, 0.29) is 18.2 Å². The molecule has 4 rings (SSSR count). The topological polar surface area (TPSA) is 70.2 Å². The first-order valence-electron chi connectivity index (χ1n) is 10.3. The minimum absolute atomic E-state index is 0.184. The second kappa shape index (κ2) is 8.67. The predicted molar refractivity (Wildman–Crippen MR) is 114 cm³/mol. The summed E-state index contributed by atoms with van der Waals surface area (Å²) in [5.74, 6) is -0.825. The molecule has 2 aromatic carbocycles. The number of benzene rings is 2. The Hall–Kier alpha value is -3.19. The third-order valence-electron chi connectivity index (χ3n) is 5.64. The van der Waals surface area contributed by atoms with Crippen LogP contribution in [0, 0.1) is 0 Å². The highest BCUT2D eigenvalue weighted by atomic mass is 16.5. The smallest absolute Gasteiger partial charge is 0.338 e. The number of imide groups is 1. The third-order valence-corrected chi connectivity index (χ3v) is 5.64. The van der Waals surface area contributed by atoms with Gasteiger partial charge in [0.05, 0.1) is 30.3 Å². The van der Waals surface area contributed by atoms with Crippen molar-refractivity contribution in [2.24, 2.45) is 0 Å². The average Bonchev–Trinajstić information content (AvgIpc) is 3.08. The molecule has 7 nitrogen and oxygen atoms in total. The van der Waals surface area contributed by atoms with E-state index in [1.54, 1.807) is 31.2 Å². The van der Waals surface area contributed by atoms with Gasteiger partial charge in [-0.3, -0.25) is 14.5 Å². The largest absolute Gasteiger partial charge is 0.462 e. The quantitative estimate of drug-likeness (QED) is 0.560. The van der Waals surface area contributed by atoms with Crippen LogP contribution in [0.1, 0.15) is 23.7 Å². The summed E-state index contributed by atoms with van der Waals surface area (Å²) >= 11 is 0. The standard InChI is InChI=1S/C23H25N3O4/c1-2-30-23(29)17-8-10-19(11-9-17)26-21(27)16-20(22(26)28)25-14-12-24(13-15-25)18-6-4-3-5-7-18/h3-11,20H,2,12-16H2,1H3/t20-/m1/s1. The van der Waals surface area contributed by atoms with Crippen LogP contribution in [0.5, 0.6) is 0 Å². The normalized spacial score (nSPS) is 20.0. The second-order valence-electron chi connectivity index (χ2n) is 7.41. The predicted octanol–water partition coefficient (Wildman–Crippen LogP) is 2.32. The number of para-hydroxylation sites is 1. The van der Waals surface area contributed by atoms with Crippen molar-refractivity contribution in [1.29, 1.82) is 0 Å². The number of anilines is 2. The Kier molecular flexibility index (Phi) is 5.81. The van der Waals surface area contributed by atoms with E-state index < -0.39 is 12.0 Å². The molecule has 0 aromatic heterocycles. The fourth-order valence-electron chi connectivity index (χ4n) is 4.06. The molecule has 7 heteroatoms. The molecular weight excluding hydrogens is 382 g/mol. The molecule has 156 valence electrons. The molecule has 0 N–H and O–H groups in total. The number of carbonyl (C=O) groups excluding carboxylic acids is 3. The molecule has 1 atom stereocenters. The molecule has 2 aliphatic heterocycles. The van der Waals surface area contributed by atoms with Crippen LogP contribution in [0.3, 0.4) is 0 Å². The number of piperazine rings is 1. The van der Waals surface area contributed by atoms with Crippen LogP contribution in [-0.2, 0) is 14.3 Å². The van der Waals surface area contributed by atoms with Gasteiger partial charge in [0.1, 0.15) is 0 Å². The first kappa shape index (κ1) is 20.1. The van der Waals surface area contributed by atoms with E-state index in [0.29, 0.717) is 17.9 Å². The van der Waals surface area contributed by atoms with Crippen LogP contribution in [0.4, 0.5) is 11.4 Å². The van der Waals surface area contributed by atoms with Crippen molar-refractivity contribution >= 4 is 29.2 Å². The maximum Gasteiger partial charge on any atom is 0.338 e. The van der Waals surface area contributed by atoms with Crippen molar-refractivity contribution in [3.63, 3.8) is 0 Å². The lowest BCUT2D eigenvalue weighted by atomic mass is 10.1. The van der Waals surface area contributed by atoms with E-state index in [4.69, 9.17) is 4.74 Å². The molecule has 0 saturated carbocycles. The number of carbonyl (C=O) groups is 3. The Morgan fingerprint density at radius 1 is 0.933 bits per heavy atom. The number of rotatable bonds is 5. The Morgan fingerprint density at radius 3 is 2.23 bits per heavy atom. The van der Waals surface area contributed by atoms with E-state index in [1.807, 2.05) is 18.2 Å². The van der Waals surface area contributed by atoms with E-state index in [0.717, 1.165) is 26.2 Å². The van der Waals surface area contributed by atoms with Gasteiger partial charge in [0.15, 0.2) is 0 Å². The average molecular weight is 407 g/mol. The van der Waals surface area contributed by atoms with Crippen LogP contribution in [0.25, 0.3) is 0 Å². The lowest BCUT2D eigenvalue weighted by Crippen LogP contribution is -2.52. The minimum atomic E-state index is -0.430. The molecule has 0 unspecified atom stereocenters. The zero-order valence-corrected chi connectivity index (χ0v) is 17.0. The first-order chi connectivity index (χ1) is 14.6. The third kappa shape index (κ3) is 3.93. The van der Waals surface area contributed by atoms with E-state index in [1.165, 1.54) is 10.6 Å². The summed E-state index contributed by atoms with van der Waals surface area (Å²) < 4.78 is 4.98. The lowest BCUT2D eigenvalue weighted by molar-refractivity contribution is -0.123. The van der Waals surface area contributed by atoms with Crippen molar-refractivity contribution in [3.8, 4) is 0 Å². The van der Waals surface area contributed by atoms with Crippen molar-refractivity contribution < 1.29 is 19.1 Å². The SMILES string of the molecule is CCOC(=O)c1ccc(N2C(=O)C[C@@H](N3CCN(c4ccccc4)CC3)C2=O)cc1. The highest BCUT2D eigenvalue weighted by Gasteiger charge is 2.43. The van der Waals surface area contributed by atoms with E-state index >= 15 is 0 Å². The van der Waals surface area contributed by atoms with Crippen LogP contribution < -0.4 is 9.80 Å².